The molecule has 0 aliphatic rings. The van der Waals surface area contributed by atoms with Crippen LogP contribution in [0.2, 0.25) is 0 Å². The van der Waals surface area contributed by atoms with E-state index in [-0.39, 0.29) is 5.91 Å². The minimum absolute atomic E-state index is 0.0656. The molecule has 1 heterocycles. The zero-order valence-corrected chi connectivity index (χ0v) is 13.3. The van der Waals surface area contributed by atoms with Gasteiger partial charge in [0.2, 0.25) is 0 Å². The molecule has 0 bridgehead atoms. The summed E-state index contributed by atoms with van der Waals surface area (Å²) < 4.78 is 1.72. The molecule has 0 saturated heterocycles. The number of halogens is 2. The molecule has 0 aliphatic heterocycles. The van der Waals surface area contributed by atoms with E-state index in [0.717, 1.165) is 7.57 Å². The van der Waals surface area contributed by atoms with Crippen molar-refractivity contribution < 1.29 is 4.79 Å². The van der Waals surface area contributed by atoms with Crippen LogP contribution in [0.1, 0.15) is 17.3 Å². The van der Waals surface area contributed by atoms with Gasteiger partial charge in [-0.3, -0.25) is 4.79 Å². The van der Waals surface area contributed by atoms with E-state index in [9.17, 15) is 4.79 Å². The van der Waals surface area contributed by atoms with Gasteiger partial charge in [-0.15, -0.1) is 11.3 Å². The number of nitrogens with two attached hydrogens (primary N) is 1. The van der Waals surface area contributed by atoms with Crippen LogP contribution in [0.5, 0.6) is 0 Å². The average molecular weight is 386 g/mol. The van der Waals surface area contributed by atoms with E-state index < -0.39 is 0 Å². The summed E-state index contributed by atoms with van der Waals surface area (Å²) in [6, 6.07) is 1.79. The first-order valence-corrected chi connectivity index (χ1v) is 7.29. The molecule has 7 heteroatoms. The average Bonchev–Trinajstić information content (AvgIpc) is 2.53. The summed E-state index contributed by atoms with van der Waals surface area (Å²) in [5.74, 6) is -0.0656. The molecule has 2 N–H and O–H groups in total. The fourth-order valence-electron chi connectivity index (χ4n) is 1.17. The summed E-state index contributed by atoms with van der Waals surface area (Å²) in [5.41, 5.74) is 6.08. The van der Waals surface area contributed by atoms with Crippen LogP contribution in [0, 0.1) is 0 Å². The Balaban J connectivity index is 2.91. The first-order valence-electron chi connectivity index (χ1n) is 4.48. The largest absolute Gasteiger partial charge is 0.392 e. The highest BCUT2D eigenvalue weighted by molar-refractivity contribution is 9.12. The Hall–Kier alpha value is 0.0200. The monoisotopic (exact) mass is 384 g/mol. The second-order valence-electron chi connectivity index (χ2n) is 3.02. The Morgan fingerprint density at radius 3 is 2.62 bits per heavy atom. The summed E-state index contributed by atoms with van der Waals surface area (Å²) in [6.07, 6.45) is 0. The maximum atomic E-state index is 12.1. The normalized spacial score (nSPS) is 10.2. The maximum Gasteiger partial charge on any atom is 0.256 e. The molecule has 88 valence electrons. The van der Waals surface area contributed by atoms with Crippen molar-refractivity contribution in [2.45, 2.75) is 6.92 Å². The summed E-state index contributed by atoms with van der Waals surface area (Å²) in [5, 5.41) is 0. The molecule has 0 aromatic carbocycles. The van der Waals surface area contributed by atoms with Crippen molar-refractivity contribution in [1.82, 2.24) is 4.90 Å². The summed E-state index contributed by atoms with van der Waals surface area (Å²) in [6.45, 7) is 2.78. The van der Waals surface area contributed by atoms with E-state index in [1.807, 2.05) is 6.92 Å². The van der Waals surface area contributed by atoms with E-state index in [2.05, 4.69) is 31.9 Å². The molecule has 1 rings (SSSR count). The number of nitrogens with zero attached hydrogens (tertiary/aromatic N) is 1. The third-order valence-corrected chi connectivity index (χ3v) is 4.37. The Morgan fingerprint density at radius 1 is 1.62 bits per heavy atom. The molecule has 0 atom stereocenters. The Bertz CT molecular complexity index is 420. The number of thiocarbonyl (C=S) groups is 1. The number of rotatable bonds is 4. The SMILES string of the molecule is CCN(CC(N)=S)C(=O)c1cc(Br)sc1Br. The van der Waals surface area contributed by atoms with Crippen LogP contribution in [0.25, 0.3) is 0 Å². The van der Waals surface area contributed by atoms with Crippen LogP contribution >= 0.6 is 55.4 Å². The lowest BCUT2D eigenvalue weighted by Crippen LogP contribution is -2.37. The summed E-state index contributed by atoms with van der Waals surface area (Å²) in [4.78, 5) is 14.0. The summed E-state index contributed by atoms with van der Waals surface area (Å²) in [7, 11) is 0. The number of hydrogen-bond acceptors (Lipinski definition) is 3. The summed E-state index contributed by atoms with van der Waals surface area (Å²) >= 11 is 13.0. The first kappa shape index (κ1) is 14.1. The lowest BCUT2D eigenvalue weighted by atomic mass is 10.3. The molecular weight excluding hydrogens is 376 g/mol. The van der Waals surface area contributed by atoms with E-state index in [1.54, 1.807) is 11.0 Å². The van der Waals surface area contributed by atoms with E-state index in [0.29, 0.717) is 23.6 Å². The van der Waals surface area contributed by atoms with Crippen LogP contribution in [0.4, 0.5) is 0 Å². The van der Waals surface area contributed by atoms with Crippen LogP contribution in [0.15, 0.2) is 13.6 Å². The van der Waals surface area contributed by atoms with Gasteiger partial charge >= 0.3 is 0 Å². The van der Waals surface area contributed by atoms with Crippen molar-refractivity contribution >= 4 is 66.3 Å². The van der Waals surface area contributed by atoms with Crippen molar-refractivity contribution in [2.24, 2.45) is 5.73 Å². The highest BCUT2D eigenvalue weighted by Gasteiger charge is 2.19. The molecule has 0 radical (unpaired) electrons. The Kier molecular flexibility index (Phi) is 5.36. The minimum Gasteiger partial charge on any atom is -0.392 e. The van der Waals surface area contributed by atoms with Gasteiger partial charge in [0.05, 0.1) is 24.7 Å². The van der Waals surface area contributed by atoms with Gasteiger partial charge in [-0.1, -0.05) is 12.2 Å². The van der Waals surface area contributed by atoms with Crippen LogP contribution in [0.3, 0.4) is 0 Å². The van der Waals surface area contributed by atoms with Crippen LogP contribution in [-0.2, 0) is 0 Å². The van der Waals surface area contributed by atoms with Gasteiger partial charge in [-0.2, -0.15) is 0 Å². The van der Waals surface area contributed by atoms with Gasteiger partial charge < -0.3 is 10.6 Å². The van der Waals surface area contributed by atoms with E-state index >= 15 is 0 Å². The molecule has 1 amide bonds. The van der Waals surface area contributed by atoms with Gasteiger partial charge in [-0.05, 0) is 44.8 Å². The molecule has 3 nitrogen and oxygen atoms in total. The molecule has 0 aliphatic carbocycles. The number of carbonyl (C=O) groups excluding carboxylic acids is 1. The molecule has 1 aromatic heterocycles. The Morgan fingerprint density at radius 2 is 2.25 bits per heavy atom. The predicted molar refractivity (Wildman–Crippen MR) is 78.1 cm³/mol. The predicted octanol–water partition coefficient (Wildman–Crippen LogP) is 3.02. The molecule has 0 fully saturated rings. The van der Waals surface area contributed by atoms with E-state index in [4.69, 9.17) is 18.0 Å². The maximum absolute atomic E-state index is 12.1. The van der Waals surface area contributed by atoms with Crippen molar-refractivity contribution in [3.05, 3.63) is 19.2 Å². The zero-order chi connectivity index (χ0) is 12.3. The topological polar surface area (TPSA) is 46.3 Å². The quantitative estimate of drug-likeness (QED) is 0.810. The zero-order valence-electron chi connectivity index (χ0n) is 8.50. The first-order chi connectivity index (χ1) is 7.45. The lowest BCUT2D eigenvalue weighted by molar-refractivity contribution is 0.0787. The van der Waals surface area contributed by atoms with Crippen molar-refractivity contribution in [2.75, 3.05) is 13.1 Å². The number of likely N-dealkylation sites (N-methyl/N-ethyl adjacent to an activating group) is 1. The third kappa shape index (κ3) is 3.51. The fourth-order valence-corrected chi connectivity index (χ4v) is 4.11. The lowest BCUT2D eigenvalue weighted by Gasteiger charge is -2.19. The van der Waals surface area contributed by atoms with Crippen LogP contribution in [-0.4, -0.2) is 28.9 Å². The minimum atomic E-state index is -0.0656. The number of carbonyl (C=O) groups is 1. The standard InChI is InChI=1S/C9H10Br2N2OS2/c1-2-13(4-7(12)15)9(14)5-3-6(10)16-8(5)11/h3H,2,4H2,1H3,(H2,12,15). The smallest absolute Gasteiger partial charge is 0.256 e. The number of amides is 1. The molecule has 16 heavy (non-hydrogen) atoms. The van der Waals surface area contributed by atoms with Gasteiger partial charge in [-0.25, -0.2) is 0 Å². The molecule has 0 saturated carbocycles. The van der Waals surface area contributed by atoms with Crippen molar-refractivity contribution in [3.8, 4) is 0 Å². The second kappa shape index (κ2) is 6.09. The molecule has 1 aromatic rings. The van der Waals surface area contributed by atoms with Crippen LogP contribution < -0.4 is 5.73 Å². The van der Waals surface area contributed by atoms with Crippen molar-refractivity contribution in [3.63, 3.8) is 0 Å². The van der Waals surface area contributed by atoms with Gasteiger partial charge in [0.25, 0.3) is 5.91 Å². The number of hydrogen-bond donors (Lipinski definition) is 1. The van der Waals surface area contributed by atoms with E-state index in [1.165, 1.54) is 11.3 Å². The second-order valence-corrected chi connectivity index (χ2v) is 7.30. The number of thiophene rings is 1. The molecular formula is C9H10Br2N2OS2. The third-order valence-electron chi connectivity index (χ3n) is 1.90. The molecule has 0 unspecified atom stereocenters. The molecule has 0 spiro atoms. The Labute approximate surface area is 120 Å². The highest BCUT2D eigenvalue weighted by Crippen LogP contribution is 2.32. The van der Waals surface area contributed by atoms with Gasteiger partial charge in [0.15, 0.2) is 0 Å². The van der Waals surface area contributed by atoms with Gasteiger partial charge in [0.1, 0.15) is 0 Å². The highest BCUT2D eigenvalue weighted by atomic mass is 79.9. The van der Waals surface area contributed by atoms with Gasteiger partial charge in [0, 0.05) is 6.54 Å². The fraction of sp³-hybridized carbons (Fsp3) is 0.333. The van der Waals surface area contributed by atoms with Crippen molar-refractivity contribution in [1.29, 1.82) is 0 Å².